The molecule has 3 nitrogen and oxygen atoms in total. The van der Waals surface area contributed by atoms with Crippen LogP contribution in [0, 0.1) is 0 Å². The van der Waals surface area contributed by atoms with Gasteiger partial charge in [0.05, 0.1) is 12.6 Å². The molecule has 0 aliphatic heterocycles. The average Bonchev–Trinajstić information content (AvgIpc) is 1.96. The summed E-state index contributed by atoms with van der Waals surface area (Å²) < 4.78 is 0. The molecule has 0 amide bonds. The van der Waals surface area contributed by atoms with Crippen molar-refractivity contribution in [3.63, 3.8) is 0 Å². The summed E-state index contributed by atoms with van der Waals surface area (Å²) in [5, 5.41) is 0. The summed E-state index contributed by atoms with van der Waals surface area (Å²) in [7, 11) is 4.12. The smallest absolute Gasteiger partial charge is 0.0892 e. The second kappa shape index (κ2) is 76.1. The Labute approximate surface area is 203 Å². The van der Waals surface area contributed by atoms with Gasteiger partial charge in [0.1, 0.15) is 0 Å². The van der Waals surface area contributed by atoms with Crippen LogP contribution >= 0.6 is 136 Å². The zero-order valence-electron chi connectivity index (χ0n) is 12.2. The van der Waals surface area contributed by atoms with Gasteiger partial charge in [0.2, 0.25) is 0 Å². The second-order valence-corrected chi connectivity index (χ2v) is 2.61. The average molecular weight is 556 g/mol. The van der Waals surface area contributed by atoms with Crippen LogP contribution in [0.4, 0.5) is 0 Å². The van der Waals surface area contributed by atoms with Gasteiger partial charge in [-0.3, -0.25) is 0 Å². The van der Waals surface area contributed by atoms with Crippen molar-refractivity contribution < 1.29 is 0 Å². The maximum atomic E-state index is 3.99. The molecule has 0 radical (unpaired) electrons. The minimum Gasteiger partial charge on any atom is -0.309 e. The number of hydrogen-bond acceptors (Lipinski definition) is 3. The van der Waals surface area contributed by atoms with E-state index in [1.54, 1.807) is 0 Å². The molecule has 0 N–H and O–H groups in total. The van der Waals surface area contributed by atoms with Crippen molar-refractivity contribution in [1.82, 2.24) is 4.90 Å². The summed E-state index contributed by atoms with van der Waals surface area (Å²) in [6.07, 6.45) is 1.08. The molecule has 0 spiro atoms. The van der Waals surface area contributed by atoms with E-state index in [0.717, 1.165) is 26.1 Å². The van der Waals surface area contributed by atoms with Crippen molar-refractivity contribution in [2.45, 2.75) is 13.3 Å². The van der Waals surface area contributed by atoms with Gasteiger partial charge in [-0.1, -0.05) is 0 Å². The normalized spacial score (nSPS) is 4.73. The lowest BCUT2D eigenvalue weighted by Crippen LogP contribution is -2.13. The van der Waals surface area contributed by atoms with Crippen molar-refractivity contribution in [2.75, 3.05) is 33.7 Å². The van der Waals surface area contributed by atoms with Crippen molar-refractivity contribution in [3.8, 4) is 0 Å². The summed E-state index contributed by atoms with van der Waals surface area (Å²) in [4.78, 5) is 9.99. The van der Waals surface area contributed by atoms with E-state index in [4.69, 9.17) is 0 Å². The molecule has 0 unspecified atom stereocenters. The van der Waals surface area contributed by atoms with E-state index in [0.29, 0.717) is 0 Å². The lowest BCUT2D eigenvalue weighted by atomic mass is 10.4. The SMILES string of the molecule is CCN=C=NCCCN(C)C.Cl.Cl.Cl.Cl.Cl.Cl.Cl.Cl.Cl.Cl.Cl. The number of nitrogens with zero attached hydrogens (tertiary/aromatic N) is 3. The number of hydrogen-bond donors (Lipinski definition) is 0. The van der Waals surface area contributed by atoms with Crippen LogP contribution in [-0.4, -0.2) is 44.6 Å². The van der Waals surface area contributed by atoms with Crippen LogP contribution < -0.4 is 0 Å². The topological polar surface area (TPSA) is 28.0 Å². The molecular formula is C8H28Cl11N3. The third-order valence-corrected chi connectivity index (χ3v) is 1.17. The molecule has 0 heterocycles. The lowest BCUT2D eigenvalue weighted by molar-refractivity contribution is 0.403. The molecule has 0 aromatic rings. The highest BCUT2D eigenvalue weighted by atomic mass is 35.5. The molecular weight excluding hydrogens is 528 g/mol. The van der Waals surface area contributed by atoms with Crippen LogP contribution in [0.1, 0.15) is 13.3 Å². The zero-order chi connectivity index (χ0) is 8.53. The van der Waals surface area contributed by atoms with Gasteiger partial charge < -0.3 is 4.90 Å². The summed E-state index contributed by atoms with van der Waals surface area (Å²) in [5.41, 5.74) is 0. The number of rotatable bonds is 5. The molecule has 152 valence electrons. The van der Waals surface area contributed by atoms with Crippen LogP contribution in [0.2, 0.25) is 0 Å². The fourth-order valence-corrected chi connectivity index (χ4v) is 0.637. The summed E-state index contributed by atoms with van der Waals surface area (Å²) in [6, 6.07) is 2.64. The third kappa shape index (κ3) is 94.2. The van der Waals surface area contributed by atoms with Gasteiger partial charge in [0, 0.05) is 6.54 Å². The molecule has 0 aliphatic rings. The fraction of sp³-hybridized carbons (Fsp3) is 0.875. The first-order valence-corrected chi connectivity index (χ1v) is 4.00. The highest BCUT2D eigenvalue weighted by Crippen LogP contribution is 1.82. The first-order chi connectivity index (χ1) is 5.27. The Balaban J connectivity index is -0.00000000909. The zero-order valence-corrected chi connectivity index (χ0v) is 21.1. The van der Waals surface area contributed by atoms with Crippen molar-refractivity contribution in [2.24, 2.45) is 9.98 Å². The maximum absolute atomic E-state index is 3.99. The summed E-state index contributed by atoms with van der Waals surface area (Å²) in [6.45, 7) is 4.67. The van der Waals surface area contributed by atoms with Crippen molar-refractivity contribution >= 4 is 142 Å². The molecule has 0 aromatic carbocycles. The van der Waals surface area contributed by atoms with Gasteiger partial charge in [-0.25, -0.2) is 9.98 Å². The van der Waals surface area contributed by atoms with E-state index in [2.05, 4.69) is 35.0 Å². The molecule has 22 heavy (non-hydrogen) atoms. The Kier molecular flexibility index (Phi) is 299. The van der Waals surface area contributed by atoms with E-state index < -0.39 is 0 Å². The van der Waals surface area contributed by atoms with Gasteiger partial charge in [0.15, 0.2) is 0 Å². The number of aliphatic imine (C=N–C) groups is 2. The Morgan fingerprint density at radius 1 is 0.682 bits per heavy atom. The van der Waals surface area contributed by atoms with E-state index >= 15 is 0 Å². The lowest BCUT2D eigenvalue weighted by Gasteiger charge is -2.05. The van der Waals surface area contributed by atoms with Crippen LogP contribution in [0.3, 0.4) is 0 Å². The Bertz CT molecular complexity index is 156. The van der Waals surface area contributed by atoms with Crippen LogP contribution in [0.5, 0.6) is 0 Å². The van der Waals surface area contributed by atoms with Gasteiger partial charge in [0.25, 0.3) is 0 Å². The Morgan fingerprint density at radius 3 is 1.32 bits per heavy atom. The monoisotopic (exact) mass is 551 g/mol. The Morgan fingerprint density at radius 2 is 1.05 bits per heavy atom. The van der Waals surface area contributed by atoms with E-state index in [-0.39, 0.29) is 136 Å². The first-order valence-electron chi connectivity index (χ1n) is 4.00. The number of halogens is 11. The highest BCUT2D eigenvalue weighted by Gasteiger charge is 1.86. The maximum Gasteiger partial charge on any atom is 0.0892 e. The summed E-state index contributed by atoms with van der Waals surface area (Å²) in [5.74, 6) is 0. The second-order valence-electron chi connectivity index (χ2n) is 2.61. The quantitative estimate of drug-likeness (QED) is 0.312. The van der Waals surface area contributed by atoms with E-state index in [9.17, 15) is 0 Å². The molecule has 0 atom stereocenters. The minimum atomic E-state index is 0. The highest BCUT2D eigenvalue weighted by molar-refractivity contribution is 5.86. The van der Waals surface area contributed by atoms with Crippen LogP contribution in [-0.2, 0) is 0 Å². The predicted molar refractivity (Wildman–Crippen MR) is 128 cm³/mol. The standard InChI is InChI=1S/C8H17N3.11ClH/c1-4-9-8-10-6-5-7-11(2)3;;;;;;;;;;;/h4-7H2,1-3H3;11*1H. The molecule has 0 rings (SSSR count). The van der Waals surface area contributed by atoms with E-state index in [1.807, 2.05) is 6.92 Å². The van der Waals surface area contributed by atoms with Crippen molar-refractivity contribution in [3.05, 3.63) is 0 Å². The molecule has 0 bridgehead atoms. The molecule has 0 aliphatic carbocycles. The predicted octanol–water partition coefficient (Wildman–Crippen LogP) is 5.77. The molecule has 0 fully saturated rings. The molecule has 0 aromatic heterocycles. The third-order valence-electron chi connectivity index (χ3n) is 1.17. The Hall–Kier alpha value is 2.53. The van der Waals surface area contributed by atoms with Crippen LogP contribution in [0.15, 0.2) is 9.98 Å². The van der Waals surface area contributed by atoms with Gasteiger partial charge in [-0.2, -0.15) is 0 Å². The molecule has 0 saturated carbocycles. The molecule has 0 saturated heterocycles. The van der Waals surface area contributed by atoms with Crippen molar-refractivity contribution in [1.29, 1.82) is 0 Å². The first kappa shape index (κ1) is 86.5. The minimum absolute atomic E-state index is 0. The van der Waals surface area contributed by atoms with Gasteiger partial charge in [-0.15, -0.1) is 136 Å². The van der Waals surface area contributed by atoms with Gasteiger partial charge >= 0.3 is 0 Å². The largest absolute Gasteiger partial charge is 0.309 e. The summed E-state index contributed by atoms with van der Waals surface area (Å²) >= 11 is 0. The molecule has 14 heteroatoms. The van der Waals surface area contributed by atoms with E-state index in [1.165, 1.54) is 0 Å². The fourth-order valence-electron chi connectivity index (χ4n) is 0.637. The van der Waals surface area contributed by atoms with Gasteiger partial charge in [-0.05, 0) is 34.0 Å². The van der Waals surface area contributed by atoms with Crippen LogP contribution in [0.25, 0.3) is 0 Å².